The van der Waals surface area contributed by atoms with Crippen LogP contribution in [0.2, 0.25) is 0 Å². The van der Waals surface area contributed by atoms with Crippen molar-refractivity contribution in [2.75, 3.05) is 6.61 Å². The summed E-state index contributed by atoms with van der Waals surface area (Å²) in [5.41, 5.74) is 1.60. The molecule has 186 valence electrons. The van der Waals surface area contributed by atoms with E-state index in [0.717, 1.165) is 31.2 Å². The average Bonchev–Trinajstić information content (AvgIpc) is 3.45. The van der Waals surface area contributed by atoms with Gasteiger partial charge in [-0.15, -0.1) is 0 Å². The second kappa shape index (κ2) is 10.7. The Bertz CT molecular complexity index is 1190. The van der Waals surface area contributed by atoms with Crippen LogP contribution < -0.4 is 14.8 Å². The number of para-hydroxylation sites is 2. The van der Waals surface area contributed by atoms with Crippen molar-refractivity contribution < 1.29 is 24.2 Å². The number of phenols is 1. The van der Waals surface area contributed by atoms with Crippen molar-refractivity contribution in [1.82, 2.24) is 10.2 Å². The van der Waals surface area contributed by atoms with Gasteiger partial charge in [-0.1, -0.05) is 67.4 Å². The third kappa shape index (κ3) is 5.15. The minimum Gasteiger partial charge on any atom is -0.508 e. The van der Waals surface area contributed by atoms with E-state index in [1.54, 1.807) is 41.3 Å². The van der Waals surface area contributed by atoms with E-state index in [9.17, 15) is 14.7 Å². The first-order valence-electron chi connectivity index (χ1n) is 12.4. The zero-order valence-electron chi connectivity index (χ0n) is 20.0. The highest BCUT2D eigenvalue weighted by atomic mass is 16.6. The third-order valence-electron chi connectivity index (χ3n) is 6.80. The van der Waals surface area contributed by atoms with Crippen molar-refractivity contribution in [3.8, 4) is 17.2 Å². The maximum absolute atomic E-state index is 14.0. The Labute approximate surface area is 210 Å². The molecular formula is C29H30N2O5. The van der Waals surface area contributed by atoms with Gasteiger partial charge >= 0.3 is 0 Å². The van der Waals surface area contributed by atoms with Crippen molar-refractivity contribution in [3.63, 3.8) is 0 Å². The van der Waals surface area contributed by atoms with Crippen LogP contribution in [0.3, 0.4) is 0 Å². The van der Waals surface area contributed by atoms with Gasteiger partial charge in [0.2, 0.25) is 12.0 Å². The summed E-state index contributed by atoms with van der Waals surface area (Å²) in [6.07, 6.45) is 2.76. The van der Waals surface area contributed by atoms with E-state index in [0.29, 0.717) is 23.6 Å². The molecule has 0 aromatic heterocycles. The van der Waals surface area contributed by atoms with Crippen LogP contribution in [0.15, 0.2) is 78.9 Å². The Kier molecular flexibility index (Phi) is 7.07. The molecule has 2 amide bonds. The van der Waals surface area contributed by atoms with Crippen LogP contribution in [0.4, 0.5) is 0 Å². The van der Waals surface area contributed by atoms with Crippen LogP contribution in [0.25, 0.3) is 0 Å². The predicted octanol–water partition coefficient (Wildman–Crippen LogP) is 4.36. The number of nitrogens with one attached hydrogen (secondary N) is 1. The normalized spacial score (nSPS) is 17.8. The smallest absolute Gasteiger partial charge is 0.268 e. The number of hydrogen-bond donors (Lipinski definition) is 2. The van der Waals surface area contributed by atoms with Gasteiger partial charge in [0.1, 0.15) is 18.4 Å². The number of carbonyl (C=O) groups is 2. The Hall–Kier alpha value is -4.00. The zero-order chi connectivity index (χ0) is 24.9. The number of carbonyl (C=O) groups excluding carboxylic acids is 2. The number of ether oxygens (including phenoxy) is 2. The first-order chi connectivity index (χ1) is 17.6. The van der Waals surface area contributed by atoms with Gasteiger partial charge in [0, 0.05) is 12.6 Å². The standard InChI is InChI=1S/C29H30N2O5/c32-23-16-14-21(15-17-23)27(28(33)30-18-20-8-2-1-3-9-20)31(22-10-4-5-11-22)29(34)26-19-35-24-12-6-7-13-25(24)36-26/h1-3,6-9,12-17,22,26-27,32H,4-5,10-11,18-19H2,(H,30,33). The van der Waals surface area contributed by atoms with E-state index >= 15 is 0 Å². The molecule has 0 bridgehead atoms. The second-order valence-electron chi connectivity index (χ2n) is 9.25. The maximum Gasteiger partial charge on any atom is 0.268 e. The molecule has 0 saturated heterocycles. The molecule has 36 heavy (non-hydrogen) atoms. The SMILES string of the molecule is O=C(NCc1ccccc1)C(c1ccc(O)cc1)N(C(=O)C1COc2ccccc2O1)C1CCCC1. The first kappa shape index (κ1) is 23.7. The molecule has 2 N–H and O–H groups in total. The monoisotopic (exact) mass is 486 g/mol. The van der Waals surface area contributed by atoms with Crippen LogP contribution >= 0.6 is 0 Å². The van der Waals surface area contributed by atoms with Gasteiger partial charge < -0.3 is 24.8 Å². The second-order valence-corrected chi connectivity index (χ2v) is 9.25. The molecule has 3 aromatic rings. The molecule has 2 aliphatic rings. The number of nitrogens with zero attached hydrogens (tertiary/aromatic N) is 1. The topological polar surface area (TPSA) is 88.1 Å². The molecular weight excluding hydrogens is 456 g/mol. The van der Waals surface area contributed by atoms with Crippen molar-refractivity contribution in [2.45, 2.75) is 50.4 Å². The summed E-state index contributed by atoms with van der Waals surface area (Å²) >= 11 is 0. The third-order valence-corrected chi connectivity index (χ3v) is 6.80. The molecule has 1 aliphatic heterocycles. The number of rotatable bonds is 7. The molecule has 1 saturated carbocycles. The fourth-order valence-electron chi connectivity index (χ4n) is 4.98. The summed E-state index contributed by atoms with van der Waals surface area (Å²) in [4.78, 5) is 29.5. The lowest BCUT2D eigenvalue weighted by atomic mass is 9.99. The lowest BCUT2D eigenvalue weighted by Gasteiger charge is -2.39. The van der Waals surface area contributed by atoms with Gasteiger partial charge in [-0.25, -0.2) is 0 Å². The average molecular weight is 487 g/mol. The fourth-order valence-corrected chi connectivity index (χ4v) is 4.98. The molecule has 1 heterocycles. The van der Waals surface area contributed by atoms with Gasteiger partial charge in [0.25, 0.3) is 5.91 Å². The number of amides is 2. The molecule has 3 aromatic carbocycles. The van der Waals surface area contributed by atoms with Gasteiger partial charge in [-0.2, -0.15) is 0 Å². The molecule has 7 heteroatoms. The Morgan fingerprint density at radius 3 is 2.31 bits per heavy atom. The van der Waals surface area contributed by atoms with Crippen LogP contribution in [-0.2, 0) is 16.1 Å². The molecule has 1 aliphatic carbocycles. The quantitative estimate of drug-likeness (QED) is 0.518. The lowest BCUT2D eigenvalue weighted by Crippen LogP contribution is -2.54. The fraction of sp³-hybridized carbons (Fsp3) is 0.310. The number of hydrogen-bond acceptors (Lipinski definition) is 5. The van der Waals surface area contributed by atoms with Crippen LogP contribution in [0, 0.1) is 0 Å². The Balaban J connectivity index is 1.46. The summed E-state index contributed by atoms with van der Waals surface area (Å²) < 4.78 is 11.9. The summed E-state index contributed by atoms with van der Waals surface area (Å²) in [5.74, 6) is 0.667. The van der Waals surface area contributed by atoms with Crippen LogP contribution in [0.5, 0.6) is 17.2 Å². The number of aromatic hydroxyl groups is 1. The first-order valence-corrected chi connectivity index (χ1v) is 12.4. The van der Waals surface area contributed by atoms with E-state index in [1.165, 1.54) is 0 Å². The summed E-state index contributed by atoms with van der Waals surface area (Å²) in [6.45, 7) is 0.421. The van der Waals surface area contributed by atoms with Crippen molar-refractivity contribution >= 4 is 11.8 Å². The van der Waals surface area contributed by atoms with E-state index in [4.69, 9.17) is 9.47 Å². The molecule has 7 nitrogen and oxygen atoms in total. The van der Waals surface area contributed by atoms with E-state index in [2.05, 4.69) is 5.32 Å². The zero-order valence-corrected chi connectivity index (χ0v) is 20.0. The molecule has 5 rings (SSSR count). The van der Waals surface area contributed by atoms with Gasteiger partial charge in [0.05, 0.1) is 0 Å². The molecule has 2 unspecified atom stereocenters. The van der Waals surface area contributed by atoms with Gasteiger partial charge in [0.15, 0.2) is 11.5 Å². The minimum absolute atomic E-state index is 0.0764. The molecule has 1 fully saturated rings. The highest BCUT2D eigenvalue weighted by Crippen LogP contribution is 2.36. The van der Waals surface area contributed by atoms with Crippen molar-refractivity contribution in [2.24, 2.45) is 0 Å². The largest absolute Gasteiger partial charge is 0.508 e. The van der Waals surface area contributed by atoms with E-state index in [1.807, 2.05) is 42.5 Å². The summed E-state index contributed by atoms with van der Waals surface area (Å²) in [7, 11) is 0. The Morgan fingerprint density at radius 2 is 1.58 bits per heavy atom. The number of benzene rings is 3. The highest BCUT2D eigenvalue weighted by Gasteiger charge is 2.42. The maximum atomic E-state index is 14.0. The van der Waals surface area contributed by atoms with E-state index < -0.39 is 12.1 Å². The molecule has 0 radical (unpaired) electrons. The lowest BCUT2D eigenvalue weighted by molar-refractivity contribution is -0.151. The predicted molar refractivity (Wildman–Crippen MR) is 135 cm³/mol. The van der Waals surface area contributed by atoms with Crippen molar-refractivity contribution in [3.05, 3.63) is 90.0 Å². The minimum atomic E-state index is -0.870. The van der Waals surface area contributed by atoms with Crippen LogP contribution in [-0.4, -0.2) is 40.6 Å². The molecule has 2 atom stereocenters. The number of fused-ring (bicyclic) bond motifs is 1. The van der Waals surface area contributed by atoms with Gasteiger partial charge in [-0.3, -0.25) is 9.59 Å². The Morgan fingerprint density at radius 1 is 0.917 bits per heavy atom. The summed E-state index contributed by atoms with van der Waals surface area (Å²) in [5, 5.41) is 12.9. The van der Waals surface area contributed by atoms with Crippen LogP contribution in [0.1, 0.15) is 42.9 Å². The van der Waals surface area contributed by atoms with Gasteiger partial charge in [-0.05, 0) is 48.2 Å². The molecule has 0 spiro atoms. The summed E-state index contributed by atoms with van der Waals surface area (Å²) in [6, 6.07) is 22.4. The number of phenolic OH excluding ortho intramolecular Hbond substituents is 1. The highest BCUT2D eigenvalue weighted by molar-refractivity contribution is 5.91. The van der Waals surface area contributed by atoms with E-state index in [-0.39, 0.29) is 30.2 Å². The van der Waals surface area contributed by atoms with Crippen molar-refractivity contribution in [1.29, 1.82) is 0 Å².